The predicted molar refractivity (Wildman–Crippen MR) is 59.0 cm³/mol. The van der Waals surface area contributed by atoms with Crippen molar-refractivity contribution in [2.24, 2.45) is 0 Å². The lowest BCUT2D eigenvalue weighted by molar-refractivity contribution is 0.216. The van der Waals surface area contributed by atoms with Crippen molar-refractivity contribution in [1.82, 2.24) is 0 Å². The zero-order chi connectivity index (χ0) is 9.11. The third-order valence-corrected chi connectivity index (χ3v) is 1.21. The number of hydrogen-bond acceptors (Lipinski definition) is 1. The highest BCUT2D eigenvalue weighted by Gasteiger charge is 1.80. The summed E-state index contributed by atoms with van der Waals surface area (Å²) in [5, 5.41) is 8.06. The van der Waals surface area contributed by atoms with E-state index in [1.807, 2.05) is 0 Å². The van der Waals surface area contributed by atoms with Gasteiger partial charge >= 0.3 is 0 Å². The van der Waals surface area contributed by atoms with E-state index in [9.17, 15) is 0 Å². The SMILES string of the molecule is CC(C)O.CCCCCCC.Cl. The molecule has 0 rings (SSSR count). The van der Waals surface area contributed by atoms with Crippen molar-refractivity contribution < 1.29 is 5.11 Å². The Labute approximate surface area is 84.0 Å². The molecule has 0 aliphatic rings. The maximum atomic E-state index is 8.06. The Morgan fingerprint density at radius 3 is 1.33 bits per heavy atom. The molecule has 0 aliphatic heterocycles. The Kier molecular flexibility index (Phi) is 26.2. The first-order valence-corrected chi connectivity index (χ1v) is 4.83. The number of rotatable bonds is 4. The zero-order valence-corrected chi connectivity index (χ0v) is 9.78. The van der Waals surface area contributed by atoms with Crippen LogP contribution in [0.5, 0.6) is 0 Å². The molecular weight excluding hydrogens is 172 g/mol. The lowest BCUT2D eigenvalue weighted by Crippen LogP contribution is -1.85. The Balaban J connectivity index is -0.000000142. The molecular formula is C10H25ClO. The van der Waals surface area contributed by atoms with Gasteiger partial charge in [0.05, 0.1) is 0 Å². The number of hydrogen-bond donors (Lipinski definition) is 1. The highest BCUT2D eigenvalue weighted by Crippen LogP contribution is 2.00. The van der Waals surface area contributed by atoms with Crippen LogP contribution in [0.2, 0.25) is 0 Å². The molecule has 12 heavy (non-hydrogen) atoms. The van der Waals surface area contributed by atoms with Gasteiger partial charge in [0.2, 0.25) is 0 Å². The summed E-state index contributed by atoms with van der Waals surface area (Å²) >= 11 is 0. The van der Waals surface area contributed by atoms with Gasteiger partial charge in [-0.25, -0.2) is 0 Å². The molecule has 1 N–H and O–H groups in total. The fraction of sp³-hybridized carbons (Fsp3) is 1.00. The van der Waals surface area contributed by atoms with Crippen LogP contribution in [0, 0.1) is 0 Å². The normalized spacial score (nSPS) is 8.50. The largest absolute Gasteiger partial charge is 0.394 e. The van der Waals surface area contributed by atoms with E-state index in [-0.39, 0.29) is 18.5 Å². The van der Waals surface area contributed by atoms with Gasteiger partial charge in [0.25, 0.3) is 0 Å². The molecule has 78 valence electrons. The summed E-state index contributed by atoms with van der Waals surface area (Å²) in [6, 6.07) is 0. The van der Waals surface area contributed by atoms with Gasteiger partial charge < -0.3 is 5.11 Å². The average Bonchev–Trinajstić information content (AvgIpc) is 1.88. The van der Waals surface area contributed by atoms with E-state index < -0.39 is 0 Å². The van der Waals surface area contributed by atoms with Gasteiger partial charge in [0, 0.05) is 6.10 Å². The lowest BCUT2D eigenvalue weighted by Gasteiger charge is -1.90. The molecule has 2 heteroatoms. The van der Waals surface area contributed by atoms with Crippen LogP contribution in [0.3, 0.4) is 0 Å². The maximum absolute atomic E-state index is 8.06. The van der Waals surface area contributed by atoms with Crippen molar-refractivity contribution in [1.29, 1.82) is 0 Å². The van der Waals surface area contributed by atoms with Crippen LogP contribution in [0.1, 0.15) is 59.8 Å². The summed E-state index contributed by atoms with van der Waals surface area (Å²) in [6.45, 7) is 7.94. The topological polar surface area (TPSA) is 20.2 Å². The molecule has 0 aliphatic carbocycles. The summed E-state index contributed by atoms with van der Waals surface area (Å²) in [5.41, 5.74) is 0. The Morgan fingerprint density at radius 1 is 0.917 bits per heavy atom. The van der Waals surface area contributed by atoms with Gasteiger partial charge in [-0.3, -0.25) is 0 Å². The number of unbranched alkanes of at least 4 members (excludes halogenated alkanes) is 4. The van der Waals surface area contributed by atoms with E-state index in [0.717, 1.165) is 0 Å². The number of halogens is 1. The van der Waals surface area contributed by atoms with E-state index >= 15 is 0 Å². The van der Waals surface area contributed by atoms with E-state index in [4.69, 9.17) is 5.11 Å². The Hall–Kier alpha value is 0.250. The standard InChI is InChI=1S/C7H16.C3H8O.ClH/c1-3-5-7-6-4-2;1-3(2)4;/h3-7H2,1-2H3;3-4H,1-2H3;1H. The zero-order valence-electron chi connectivity index (χ0n) is 8.97. The summed E-state index contributed by atoms with van der Waals surface area (Å²) in [6.07, 6.45) is 6.84. The maximum Gasteiger partial charge on any atom is 0.0483 e. The van der Waals surface area contributed by atoms with Crippen LogP contribution in [-0.2, 0) is 0 Å². The van der Waals surface area contributed by atoms with Crippen LogP contribution in [0.25, 0.3) is 0 Å². The van der Waals surface area contributed by atoms with Crippen molar-refractivity contribution in [2.45, 2.75) is 65.9 Å². The second-order valence-electron chi connectivity index (χ2n) is 3.15. The minimum absolute atomic E-state index is 0. The number of aliphatic hydroxyl groups is 1. The molecule has 0 aromatic carbocycles. The first-order chi connectivity index (χ1) is 5.15. The number of aliphatic hydroxyl groups excluding tert-OH is 1. The monoisotopic (exact) mass is 196 g/mol. The smallest absolute Gasteiger partial charge is 0.0483 e. The molecule has 0 saturated heterocycles. The van der Waals surface area contributed by atoms with Crippen molar-refractivity contribution >= 4 is 12.4 Å². The molecule has 0 spiro atoms. The van der Waals surface area contributed by atoms with Crippen molar-refractivity contribution in [2.75, 3.05) is 0 Å². The summed E-state index contributed by atoms with van der Waals surface area (Å²) < 4.78 is 0. The summed E-state index contributed by atoms with van der Waals surface area (Å²) in [7, 11) is 0. The van der Waals surface area contributed by atoms with Gasteiger partial charge in [-0.2, -0.15) is 0 Å². The van der Waals surface area contributed by atoms with Gasteiger partial charge in [-0.15, -0.1) is 12.4 Å². The molecule has 0 bridgehead atoms. The molecule has 0 saturated carbocycles. The fourth-order valence-electron chi connectivity index (χ4n) is 0.677. The third-order valence-electron chi connectivity index (χ3n) is 1.21. The van der Waals surface area contributed by atoms with E-state index in [2.05, 4.69) is 13.8 Å². The minimum atomic E-state index is -0.167. The Morgan fingerprint density at radius 2 is 1.17 bits per heavy atom. The van der Waals surface area contributed by atoms with Crippen molar-refractivity contribution in [3.63, 3.8) is 0 Å². The summed E-state index contributed by atoms with van der Waals surface area (Å²) in [4.78, 5) is 0. The van der Waals surface area contributed by atoms with Crippen LogP contribution < -0.4 is 0 Å². The highest BCUT2D eigenvalue weighted by atomic mass is 35.5. The van der Waals surface area contributed by atoms with E-state index in [1.165, 1.54) is 32.1 Å². The van der Waals surface area contributed by atoms with Gasteiger partial charge in [-0.05, 0) is 13.8 Å². The van der Waals surface area contributed by atoms with E-state index in [0.29, 0.717) is 0 Å². The molecule has 0 heterocycles. The fourth-order valence-corrected chi connectivity index (χ4v) is 0.677. The van der Waals surface area contributed by atoms with E-state index in [1.54, 1.807) is 13.8 Å². The van der Waals surface area contributed by atoms with Gasteiger partial charge in [0.15, 0.2) is 0 Å². The Bertz CT molecular complexity index is 49.0. The van der Waals surface area contributed by atoms with Crippen LogP contribution in [0.15, 0.2) is 0 Å². The summed E-state index contributed by atoms with van der Waals surface area (Å²) in [5.74, 6) is 0. The van der Waals surface area contributed by atoms with Crippen molar-refractivity contribution in [3.8, 4) is 0 Å². The second-order valence-corrected chi connectivity index (χ2v) is 3.15. The average molecular weight is 197 g/mol. The van der Waals surface area contributed by atoms with Gasteiger partial charge in [-0.1, -0.05) is 46.0 Å². The van der Waals surface area contributed by atoms with Crippen molar-refractivity contribution in [3.05, 3.63) is 0 Å². The van der Waals surface area contributed by atoms with Crippen LogP contribution in [0.4, 0.5) is 0 Å². The molecule has 1 nitrogen and oxygen atoms in total. The molecule has 0 unspecified atom stereocenters. The lowest BCUT2D eigenvalue weighted by atomic mass is 10.2. The quantitative estimate of drug-likeness (QED) is 0.679. The van der Waals surface area contributed by atoms with Crippen LogP contribution >= 0.6 is 12.4 Å². The molecule has 0 amide bonds. The molecule has 0 aromatic heterocycles. The molecule has 0 atom stereocenters. The third kappa shape index (κ3) is 48.6. The minimum Gasteiger partial charge on any atom is -0.394 e. The predicted octanol–water partition coefficient (Wildman–Crippen LogP) is 3.79. The molecule has 0 radical (unpaired) electrons. The first kappa shape index (κ1) is 18.1. The highest BCUT2D eigenvalue weighted by molar-refractivity contribution is 5.85. The van der Waals surface area contributed by atoms with Crippen LogP contribution in [-0.4, -0.2) is 11.2 Å². The molecule has 0 fully saturated rings. The molecule has 0 aromatic rings. The second kappa shape index (κ2) is 17.4. The van der Waals surface area contributed by atoms with Gasteiger partial charge in [0.1, 0.15) is 0 Å². The first-order valence-electron chi connectivity index (χ1n) is 4.83.